The summed E-state index contributed by atoms with van der Waals surface area (Å²) in [5.74, 6) is 0.634. The average Bonchev–Trinajstić information content (AvgIpc) is 2.44. The minimum atomic E-state index is -0.0283. The van der Waals surface area contributed by atoms with Gasteiger partial charge in [-0.3, -0.25) is 4.79 Å². The smallest absolute Gasteiger partial charge is 0.254 e. The molecule has 0 aliphatic carbocycles. The first-order valence-electron chi connectivity index (χ1n) is 7.02. The Bertz CT molecular complexity index is 473. The maximum atomic E-state index is 12.6. The fourth-order valence-electron chi connectivity index (χ4n) is 2.84. The number of amides is 1. The van der Waals surface area contributed by atoms with Crippen LogP contribution in [0.1, 0.15) is 36.5 Å². The van der Waals surface area contributed by atoms with E-state index in [1.54, 1.807) is 18.2 Å². The highest BCUT2D eigenvalue weighted by Gasteiger charge is 2.30. The Morgan fingerprint density at radius 2 is 2.00 bits per heavy atom. The van der Waals surface area contributed by atoms with Crippen LogP contribution in [0.4, 0.5) is 0 Å². The van der Waals surface area contributed by atoms with E-state index in [1.165, 1.54) is 0 Å². The van der Waals surface area contributed by atoms with Crippen LogP contribution in [0.15, 0.2) is 18.2 Å². The van der Waals surface area contributed by atoms with Crippen molar-refractivity contribution in [1.29, 1.82) is 0 Å². The van der Waals surface area contributed by atoms with E-state index in [0.29, 0.717) is 28.1 Å². The lowest BCUT2D eigenvalue weighted by Crippen LogP contribution is -2.49. The molecule has 2 unspecified atom stereocenters. The van der Waals surface area contributed by atoms with Crippen molar-refractivity contribution >= 4 is 29.1 Å². The predicted molar refractivity (Wildman–Crippen MR) is 83.4 cm³/mol. The summed E-state index contributed by atoms with van der Waals surface area (Å²) < 4.78 is 0. The quantitative estimate of drug-likeness (QED) is 0.926. The number of halogens is 2. The maximum absolute atomic E-state index is 12.6. The van der Waals surface area contributed by atoms with Gasteiger partial charge < -0.3 is 10.6 Å². The summed E-state index contributed by atoms with van der Waals surface area (Å²) in [5.41, 5.74) is 6.38. The molecule has 1 heterocycles. The number of benzene rings is 1. The zero-order valence-corrected chi connectivity index (χ0v) is 13.1. The number of carbonyl (C=O) groups is 1. The number of rotatable bonds is 3. The molecule has 1 amide bonds. The maximum Gasteiger partial charge on any atom is 0.254 e. The van der Waals surface area contributed by atoms with Crippen LogP contribution in [0.3, 0.4) is 0 Å². The lowest BCUT2D eigenvalue weighted by Gasteiger charge is -2.39. The Morgan fingerprint density at radius 1 is 1.35 bits per heavy atom. The van der Waals surface area contributed by atoms with Gasteiger partial charge in [-0.25, -0.2) is 0 Å². The normalized spacial score (nSPS) is 22.9. The van der Waals surface area contributed by atoms with Gasteiger partial charge >= 0.3 is 0 Å². The molecule has 0 aromatic heterocycles. The highest BCUT2D eigenvalue weighted by atomic mass is 35.5. The lowest BCUT2D eigenvalue weighted by atomic mass is 9.88. The van der Waals surface area contributed by atoms with Gasteiger partial charge in [0, 0.05) is 34.7 Å². The monoisotopic (exact) mass is 314 g/mol. The van der Waals surface area contributed by atoms with E-state index >= 15 is 0 Å². The summed E-state index contributed by atoms with van der Waals surface area (Å²) in [5, 5.41) is 0.960. The van der Waals surface area contributed by atoms with Crippen LogP contribution >= 0.6 is 23.2 Å². The third-order valence-electron chi connectivity index (χ3n) is 4.04. The lowest BCUT2D eigenvalue weighted by molar-refractivity contribution is 0.0558. The third-order valence-corrected chi connectivity index (χ3v) is 4.48. The summed E-state index contributed by atoms with van der Waals surface area (Å²) in [6, 6.07) is 5.06. The number of piperidine rings is 1. The predicted octanol–water partition coefficient (Wildman–Crippen LogP) is 3.58. The summed E-state index contributed by atoms with van der Waals surface area (Å²) in [6.45, 7) is 3.44. The van der Waals surface area contributed by atoms with E-state index < -0.39 is 0 Å². The fraction of sp³-hybridized carbons (Fsp3) is 0.533. The Morgan fingerprint density at radius 3 is 2.55 bits per heavy atom. The molecule has 0 saturated carbocycles. The van der Waals surface area contributed by atoms with E-state index in [1.807, 2.05) is 4.90 Å². The van der Waals surface area contributed by atoms with Crippen LogP contribution in [-0.2, 0) is 0 Å². The molecule has 0 radical (unpaired) electrons. The van der Waals surface area contributed by atoms with Crippen LogP contribution in [-0.4, -0.2) is 29.9 Å². The third kappa shape index (κ3) is 3.46. The average molecular weight is 315 g/mol. The number of nitrogens with two attached hydrogens (primary N) is 1. The van der Waals surface area contributed by atoms with Gasteiger partial charge in [-0.2, -0.15) is 0 Å². The van der Waals surface area contributed by atoms with Crippen molar-refractivity contribution in [3.63, 3.8) is 0 Å². The second-order valence-corrected chi connectivity index (χ2v) is 6.22. The van der Waals surface area contributed by atoms with Crippen molar-refractivity contribution in [2.45, 2.75) is 32.2 Å². The minimum absolute atomic E-state index is 0.0283. The van der Waals surface area contributed by atoms with Crippen LogP contribution in [0.25, 0.3) is 0 Å². The van der Waals surface area contributed by atoms with Gasteiger partial charge in [-0.1, -0.05) is 36.5 Å². The Labute approximate surface area is 130 Å². The van der Waals surface area contributed by atoms with Crippen molar-refractivity contribution in [1.82, 2.24) is 4.90 Å². The van der Waals surface area contributed by atoms with E-state index in [4.69, 9.17) is 28.9 Å². The van der Waals surface area contributed by atoms with Crippen molar-refractivity contribution in [2.75, 3.05) is 13.1 Å². The molecule has 3 nitrogen and oxygen atoms in total. The molecule has 110 valence electrons. The molecule has 1 aromatic rings. The molecular weight excluding hydrogens is 295 g/mol. The van der Waals surface area contributed by atoms with Crippen molar-refractivity contribution < 1.29 is 4.79 Å². The summed E-state index contributed by atoms with van der Waals surface area (Å²) in [6.07, 6.45) is 3.15. The summed E-state index contributed by atoms with van der Waals surface area (Å²) >= 11 is 11.9. The molecule has 1 aliphatic rings. The highest BCUT2D eigenvalue weighted by molar-refractivity contribution is 6.35. The molecule has 2 rings (SSSR count). The van der Waals surface area contributed by atoms with Gasteiger partial charge in [0.1, 0.15) is 0 Å². The molecule has 20 heavy (non-hydrogen) atoms. The molecule has 1 aromatic carbocycles. The van der Waals surface area contributed by atoms with Gasteiger partial charge in [-0.15, -0.1) is 0 Å². The first kappa shape index (κ1) is 15.6. The van der Waals surface area contributed by atoms with Gasteiger partial charge in [-0.05, 0) is 37.0 Å². The van der Waals surface area contributed by atoms with Crippen LogP contribution in [0.5, 0.6) is 0 Å². The van der Waals surface area contributed by atoms with Gasteiger partial charge in [0.15, 0.2) is 0 Å². The van der Waals surface area contributed by atoms with E-state index in [0.717, 1.165) is 25.8 Å². The Kier molecular flexibility index (Phi) is 5.30. The van der Waals surface area contributed by atoms with Crippen molar-refractivity contribution in [3.05, 3.63) is 33.8 Å². The first-order valence-corrected chi connectivity index (χ1v) is 7.77. The zero-order valence-electron chi connectivity index (χ0n) is 11.6. The summed E-state index contributed by atoms with van der Waals surface area (Å²) in [4.78, 5) is 14.5. The Hall–Kier alpha value is -0.770. The van der Waals surface area contributed by atoms with Crippen LogP contribution in [0, 0.1) is 5.92 Å². The highest BCUT2D eigenvalue weighted by Crippen LogP contribution is 2.27. The molecule has 5 heteroatoms. The van der Waals surface area contributed by atoms with Crippen molar-refractivity contribution in [2.24, 2.45) is 11.7 Å². The SMILES string of the molecule is CCC1CCN(C(=O)c2cc(Cl)cc(Cl)c2)C(CN)C1. The largest absolute Gasteiger partial charge is 0.334 e. The fourth-order valence-corrected chi connectivity index (χ4v) is 3.36. The molecule has 2 N–H and O–H groups in total. The zero-order chi connectivity index (χ0) is 14.7. The first-order chi connectivity index (χ1) is 9.55. The second kappa shape index (κ2) is 6.79. The molecule has 0 bridgehead atoms. The molecule has 1 aliphatic heterocycles. The number of hydrogen-bond donors (Lipinski definition) is 1. The van der Waals surface area contributed by atoms with E-state index in [2.05, 4.69) is 6.92 Å². The molecular formula is C15H20Cl2N2O. The standard InChI is InChI=1S/C15H20Cl2N2O/c1-2-10-3-4-19(14(5-10)9-18)15(20)11-6-12(16)8-13(17)7-11/h6-8,10,14H,2-5,9,18H2,1H3. The number of carbonyl (C=O) groups excluding carboxylic acids is 1. The van der Waals surface area contributed by atoms with Crippen LogP contribution in [0.2, 0.25) is 10.0 Å². The number of nitrogens with zero attached hydrogens (tertiary/aromatic N) is 1. The molecule has 2 atom stereocenters. The van der Waals surface area contributed by atoms with Gasteiger partial charge in [0.05, 0.1) is 0 Å². The van der Waals surface area contributed by atoms with Crippen LogP contribution < -0.4 is 5.73 Å². The molecule has 1 saturated heterocycles. The van der Waals surface area contributed by atoms with Crippen molar-refractivity contribution in [3.8, 4) is 0 Å². The number of likely N-dealkylation sites (tertiary alicyclic amines) is 1. The topological polar surface area (TPSA) is 46.3 Å². The van der Waals surface area contributed by atoms with Gasteiger partial charge in [0.2, 0.25) is 0 Å². The minimum Gasteiger partial charge on any atom is -0.334 e. The second-order valence-electron chi connectivity index (χ2n) is 5.34. The molecule has 1 fully saturated rings. The Balaban J connectivity index is 2.19. The summed E-state index contributed by atoms with van der Waals surface area (Å²) in [7, 11) is 0. The molecule has 0 spiro atoms. The number of hydrogen-bond acceptors (Lipinski definition) is 2. The van der Waals surface area contributed by atoms with E-state index in [9.17, 15) is 4.79 Å². The van der Waals surface area contributed by atoms with Gasteiger partial charge in [0.25, 0.3) is 5.91 Å². The van der Waals surface area contributed by atoms with E-state index in [-0.39, 0.29) is 11.9 Å².